The molecule has 0 atom stereocenters. The first kappa shape index (κ1) is 21.4. The predicted octanol–water partition coefficient (Wildman–Crippen LogP) is 5.68. The molecule has 1 amide bonds. The van der Waals surface area contributed by atoms with Crippen molar-refractivity contribution in [2.24, 2.45) is 0 Å². The molecule has 4 aromatic rings. The number of carbonyl (C=O) groups is 1. The summed E-state index contributed by atoms with van der Waals surface area (Å²) in [6.45, 7) is 2.02. The largest absolute Gasteiger partial charge is 0.324 e. The van der Waals surface area contributed by atoms with E-state index in [4.69, 9.17) is 23.2 Å². The first-order chi connectivity index (χ1) is 15.0. The normalized spacial score (nSPS) is 10.8. The summed E-state index contributed by atoms with van der Waals surface area (Å²) >= 11 is 13.5. The molecule has 1 N–H and O–H groups in total. The molecule has 2 aromatic carbocycles. The Morgan fingerprint density at radius 3 is 2.68 bits per heavy atom. The van der Waals surface area contributed by atoms with Crippen molar-refractivity contribution in [3.63, 3.8) is 0 Å². The number of carbonyl (C=O) groups excluding carboxylic acids is 1. The van der Waals surface area contributed by atoms with Crippen molar-refractivity contribution in [2.45, 2.75) is 12.1 Å². The van der Waals surface area contributed by atoms with E-state index in [1.807, 2.05) is 47.9 Å². The number of hydrogen-bond donors (Lipinski definition) is 1. The summed E-state index contributed by atoms with van der Waals surface area (Å²) < 4.78 is 1.94. The van der Waals surface area contributed by atoms with Crippen LogP contribution in [-0.2, 0) is 4.79 Å². The van der Waals surface area contributed by atoms with Gasteiger partial charge in [-0.25, -0.2) is 0 Å². The summed E-state index contributed by atoms with van der Waals surface area (Å²) in [5.74, 6) is 0.555. The molecule has 6 nitrogen and oxygen atoms in total. The van der Waals surface area contributed by atoms with Gasteiger partial charge < -0.3 is 5.32 Å². The van der Waals surface area contributed by atoms with Crippen LogP contribution in [-0.4, -0.2) is 31.4 Å². The van der Waals surface area contributed by atoms with Crippen LogP contribution in [0, 0.1) is 6.92 Å². The Morgan fingerprint density at radius 1 is 1.06 bits per heavy atom. The number of thioether (sulfide) groups is 1. The summed E-state index contributed by atoms with van der Waals surface area (Å²) in [5, 5.41) is 12.8. The van der Waals surface area contributed by atoms with Crippen LogP contribution < -0.4 is 5.32 Å². The number of hydrogen-bond acceptors (Lipinski definition) is 5. The number of aromatic nitrogens is 4. The minimum Gasteiger partial charge on any atom is -0.324 e. The molecule has 4 rings (SSSR count). The number of halogens is 2. The summed E-state index contributed by atoms with van der Waals surface area (Å²) in [4.78, 5) is 16.7. The van der Waals surface area contributed by atoms with Crippen LogP contribution in [0.5, 0.6) is 0 Å². The molecule has 2 aromatic heterocycles. The van der Waals surface area contributed by atoms with Gasteiger partial charge in [0.05, 0.1) is 27.2 Å². The van der Waals surface area contributed by atoms with Gasteiger partial charge in [0.2, 0.25) is 5.91 Å². The van der Waals surface area contributed by atoms with Crippen LogP contribution in [0.4, 0.5) is 5.69 Å². The fraction of sp³-hybridized carbons (Fsp3) is 0.0909. The van der Waals surface area contributed by atoms with Crippen LogP contribution >= 0.6 is 35.0 Å². The Kier molecular flexibility index (Phi) is 6.56. The minimum absolute atomic E-state index is 0.125. The average Bonchev–Trinajstić information content (AvgIpc) is 3.20. The highest BCUT2D eigenvalue weighted by atomic mass is 35.5. The van der Waals surface area contributed by atoms with Crippen molar-refractivity contribution in [1.82, 2.24) is 19.7 Å². The lowest BCUT2D eigenvalue weighted by atomic mass is 10.2. The maximum absolute atomic E-state index is 12.5. The van der Waals surface area contributed by atoms with Gasteiger partial charge in [0.25, 0.3) is 0 Å². The maximum Gasteiger partial charge on any atom is 0.234 e. The molecule has 0 radical (unpaired) electrons. The topological polar surface area (TPSA) is 72.7 Å². The molecule has 2 heterocycles. The molecule has 0 fully saturated rings. The SMILES string of the molecule is Cc1ccccc1-n1c(SCC(=O)Nc2cccc(Cl)c2Cl)nnc1-c1cccnc1. The highest BCUT2D eigenvalue weighted by Crippen LogP contribution is 2.31. The van der Waals surface area contributed by atoms with E-state index in [0.29, 0.717) is 26.7 Å². The highest BCUT2D eigenvalue weighted by molar-refractivity contribution is 7.99. The van der Waals surface area contributed by atoms with Crippen molar-refractivity contribution in [3.8, 4) is 17.1 Å². The molecule has 0 bridgehead atoms. The Bertz CT molecular complexity index is 1230. The van der Waals surface area contributed by atoms with E-state index in [0.717, 1.165) is 16.8 Å². The molecular weight excluding hydrogens is 453 g/mol. The molecule has 31 heavy (non-hydrogen) atoms. The summed E-state index contributed by atoms with van der Waals surface area (Å²) in [7, 11) is 0. The zero-order valence-electron chi connectivity index (χ0n) is 16.4. The third-order valence-corrected chi connectivity index (χ3v) is 6.22. The Hall–Kier alpha value is -2.87. The molecule has 0 aliphatic carbocycles. The third-order valence-electron chi connectivity index (χ3n) is 4.47. The van der Waals surface area contributed by atoms with Crippen LogP contribution in [0.2, 0.25) is 10.0 Å². The van der Waals surface area contributed by atoms with E-state index >= 15 is 0 Å². The molecule has 0 saturated heterocycles. The average molecular weight is 470 g/mol. The fourth-order valence-corrected chi connectivity index (χ4v) is 4.09. The molecule has 0 spiro atoms. The standard InChI is InChI=1S/C22H17Cl2N5OS/c1-14-6-2-3-10-18(14)29-21(15-7-5-11-25-12-15)27-28-22(29)31-13-19(30)26-17-9-4-8-16(23)20(17)24/h2-12H,13H2,1H3,(H,26,30). The van der Waals surface area contributed by atoms with Gasteiger partial charge in [-0.1, -0.05) is 59.2 Å². The fourth-order valence-electron chi connectivity index (χ4n) is 2.99. The van der Waals surface area contributed by atoms with Crippen molar-refractivity contribution in [2.75, 3.05) is 11.1 Å². The Labute approximate surface area is 193 Å². The summed E-state index contributed by atoms with van der Waals surface area (Å²) in [6, 6.07) is 16.8. The first-order valence-corrected chi connectivity index (χ1v) is 11.1. The van der Waals surface area contributed by atoms with Gasteiger partial charge in [-0.15, -0.1) is 10.2 Å². The second kappa shape index (κ2) is 9.51. The summed E-state index contributed by atoms with van der Waals surface area (Å²) in [5.41, 5.74) is 3.30. The van der Waals surface area contributed by atoms with Gasteiger partial charge in [-0.05, 0) is 42.8 Å². The van der Waals surface area contributed by atoms with Crippen LogP contribution in [0.1, 0.15) is 5.56 Å². The van der Waals surface area contributed by atoms with Crippen LogP contribution in [0.3, 0.4) is 0 Å². The molecule has 0 aliphatic rings. The lowest BCUT2D eigenvalue weighted by molar-refractivity contribution is -0.113. The zero-order chi connectivity index (χ0) is 21.8. The molecule has 156 valence electrons. The third kappa shape index (κ3) is 4.74. The van der Waals surface area contributed by atoms with E-state index < -0.39 is 0 Å². The molecule has 0 saturated carbocycles. The van der Waals surface area contributed by atoms with Gasteiger partial charge >= 0.3 is 0 Å². The summed E-state index contributed by atoms with van der Waals surface area (Å²) in [6.07, 6.45) is 3.44. The predicted molar refractivity (Wildman–Crippen MR) is 125 cm³/mol. The molecule has 0 aliphatic heterocycles. The number of amides is 1. The van der Waals surface area contributed by atoms with Gasteiger partial charge in [0.1, 0.15) is 0 Å². The number of anilines is 1. The maximum atomic E-state index is 12.5. The Balaban J connectivity index is 1.61. The number of nitrogens with zero attached hydrogens (tertiary/aromatic N) is 4. The minimum atomic E-state index is -0.226. The quantitative estimate of drug-likeness (QED) is 0.368. The lowest BCUT2D eigenvalue weighted by Gasteiger charge is -2.13. The second-order valence-electron chi connectivity index (χ2n) is 6.61. The van der Waals surface area contributed by atoms with Gasteiger partial charge in [0, 0.05) is 18.0 Å². The Morgan fingerprint density at radius 2 is 1.90 bits per heavy atom. The van der Waals surface area contributed by atoms with Gasteiger partial charge in [-0.3, -0.25) is 14.3 Å². The van der Waals surface area contributed by atoms with Crippen LogP contribution in [0.15, 0.2) is 72.1 Å². The van der Waals surface area contributed by atoms with E-state index in [2.05, 4.69) is 20.5 Å². The smallest absolute Gasteiger partial charge is 0.234 e. The monoisotopic (exact) mass is 469 g/mol. The van der Waals surface area contributed by atoms with Crippen molar-refractivity contribution >= 4 is 46.6 Å². The van der Waals surface area contributed by atoms with E-state index in [-0.39, 0.29) is 11.7 Å². The molecular formula is C22H17Cl2N5OS. The number of aryl methyl sites for hydroxylation is 1. The first-order valence-electron chi connectivity index (χ1n) is 9.33. The highest BCUT2D eigenvalue weighted by Gasteiger charge is 2.19. The number of pyridine rings is 1. The second-order valence-corrected chi connectivity index (χ2v) is 8.34. The number of para-hydroxylation sites is 1. The van der Waals surface area contributed by atoms with Gasteiger partial charge in [-0.2, -0.15) is 0 Å². The van der Waals surface area contributed by atoms with Gasteiger partial charge in [0.15, 0.2) is 11.0 Å². The molecule has 0 unspecified atom stereocenters. The number of rotatable bonds is 6. The number of nitrogens with one attached hydrogen (secondary N) is 1. The van der Waals surface area contributed by atoms with Crippen molar-refractivity contribution in [3.05, 3.63) is 82.6 Å². The lowest BCUT2D eigenvalue weighted by Crippen LogP contribution is -2.15. The van der Waals surface area contributed by atoms with E-state index in [1.54, 1.807) is 30.6 Å². The van der Waals surface area contributed by atoms with Crippen molar-refractivity contribution in [1.29, 1.82) is 0 Å². The molecule has 9 heteroatoms. The van der Waals surface area contributed by atoms with Crippen LogP contribution in [0.25, 0.3) is 17.1 Å². The van der Waals surface area contributed by atoms with E-state index in [9.17, 15) is 4.79 Å². The number of benzene rings is 2. The van der Waals surface area contributed by atoms with E-state index in [1.165, 1.54) is 11.8 Å². The zero-order valence-corrected chi connectivity index (χ0v) is 18.7. The van der Waals surface area contributed by atoms with Crippen molar-refractivity contribution < 1.29 is 4.79 Å².